The maximum absolute atomic E-state index is 11.9. The second-order valence-electron chi connectivity index (χ2n) is 6.30. The lowest BCUT2D eigenvalue weighted by Gasteiger charge is -2.41. The molecular weight excluding hydrogens is 298 g/mol. The van der Waals surface area contributed by atoms with Crippen LogP contribution >= 0.6 is 11.3 Å². The number of likely N-dealkylation sites (tertiary alicyclic amines) is 1. The smallest absolute Gasteiger partial charge is 0.261 e. The van der Waals surface area contributed by atoms with E-state index in [-0.39, 0.29) is 23.9 Å². The summed E-state index contributed by atoms with van der Waals surface area (Å²) in [5.74, 6) is -0.338. The summed E-state index contributed by atoms with van der Waals surface area (Å²) in [5.41, 5.74) is -0.0478. The van der Waals surface area contributed by atoms with Crippen molar-refractivity contribution in [1.29, 1.82) is 0 Å². The Hall–Kier alpha value is -1.40. The van der Waals surface area contributed by atoms with E-state index in [0.29, 0.717) is 11.4 Å². The van der Waals surface area contributed by atoms with Gasteiger partial charge in [0.2, 0.25) is 5.91 Å². The van der Waals surface area contributed by atoms with Gasteiger partial charge in [0.05, 0.1) is 11.4 Å². The molecule has 2 amide bonds. The van der Waals surface area contributed by atoms with Gasteiger partial charge in [-0.15, -0.1) is 11.3 Å². The van der Waals surface area contributed by atoms with Crippen LogP contribution in [0.1, 0.15) is 42.8 Å². The lowest BCUT2D eigenvalue weighted by molar-refractivity contribution is -0.120. The molecule has 1 fully saturated rings. The molecule has 0 radical (unpaired) electrons. The lowest BCUT2D eigenvalue weighted by atomic mass is 9.98. The third-order valence-electron chi connectivity index (χ3n) is 4.08. The third kappa shape index (κ3) is 4.81. The van der Waals surface area contributed by atoms with Gasteiger partial charge in [-0.1, -0.05) is 12.5 Å². The Bertz CT molecular complexity index is 493. The number of nitrogens with zero attached hydrogens (tertiary/aromatic N) is 1. The van der Waals surface area contributed by atoms with Crippen LogP contribution in [0, 0.1) is 0 Å². The zero-order valence-electron chi connectivity index (χ0n) is 13.4. The molecule has 0 atom stereocenters. The number of carbonyl (C=O) groups is 2. The minimum Gasteiger partial charge on any atom is -0.353 e. The molecule has 2 rings (SSSR count). The minimum atomic E-state index is -0.194. The monoisotopic (exact) mass is 323 g/mol. The molecule has 5 nitrogen and oxygen atoms in total. The first-order valence-corrected chi connectivity index (χ1v) is 8.70. The van der Waals surface area contributed by atoms with Gasteiger partial charge < -0.3 is 10.6 Å². The lowest BCUT2D eigenvalue weighted by Crippen LogP contribution is -2.54. The highest BCUT2D eigenvalue weighted by molar-refractivity contribution is 7.12. The molecule has 1 aromatic rings. The maximum Gasteiger partial charge on any atom is 0.261 e. The Kier molecular flexibility index (Phi) is 5.97. The quantitative estimate of drug-likeness (QED) is 0.840. The van der Waals surface area contributed by atoms with Crippen LogP contribution in [-0.2, 0) is 4.79 Å². The van der Waals surface area contributed by atoms with Crippen molar-refractivity contribution in [3.8, 4) is 0 Å². The molecule has 2 N–H and O–H groups in total. The molecule has 2 heterocycles. The molecule has 1 saturated heterocycles. The van der Waals surface area contributed by atoms with Crippen molar-refractivity contribution in [3.63, 3.8) is 0 Å². The Morgan fingerprint density at radius 3 is 2.59 bits per heavy atom. The zero-order valence-corrected chi connectivity index (χ0v) is 14.2. The van der Waals surface area contributed by atoms with Crippen LogP contribution in [0.15, 0.2) is 17.5 Å². The molecule has 1 aromatic heterocycles. The van der Waals surface area contributed by atoms with E-state index in [1.165, 1.54) is 30.6 Å². The van der Waals surface area contributed by atoms with E-state index in [4.69, 9.17) is 0 Å². The number of amides is 2. The summed E-state index contributed by atoms with van der Waals surface area (Å²) in [7, 11) is 0. The van der Waals surface area contributed by atoms with Crippen LogP contribution in [0.4, 0.5) is 0 Å². The second kappa shape index (κ2) is 7.74. The molecule has 0 aliphatic carbocycles. The topological polar surface area (TPSA) is 61.4 Å². The van der Waals surface area contributed by atoms with Crippen molar-refractivity contribution in [2.45, 2.75) is 38.6 Å². The number of piperidine rings is 1. The highest BCUT2D eigenvalue weighted by Crippen LogP contribution is 2.19. The van der Waals surface area contributed by atoms with E-state index in [9.17, 15) is 9.59 Å². The Morgan fingerprint density at radius 2 is 1.95 bits per heavy atom. The van der Waals surface area contributed by atoms with Gasteiger partial charge in [0, 0.05) is 12.1 Å². The predicted molar refractivity (Wildman–Crippen MR) is 89.2 cm³/mol. The summed E-state index contributed by atoms with van der Waals surface area (Å²) in [5, 5.41) is 7.42. The highest BCUT2D eigenvalue weighted by atomic mass is 32.1. The first-order chi connectivity index (χ1) is 10.5. The second-order valence-corrected chi connectivity index (χ2v) is 7.24. The highest BCUT2D eigenvalue weighted by Gasteiger charge is 2.28. The van der Waals surface area contributed by atoms with Crippen LogP contribution < -0.4 is 10.6 Å². The first-order valence-electron chi connectivity index (χ1n) is 7.82. The van der Waals surface area contributed by atoms with E-state index in [1.807, 2.05) is 11.4 Å². The fourth-order valence-electron chi connectivity index (χ4n) is 2.64. The number of carbonyl (C=O) groups excluding carboxylic acids is 2. The van der Waals surface area contributed by atoms with Gasteiger partial charge in [-0.05, 0) is 51.2 Å². The van der Waals surface area contributed by atoms with Crippen LogP contribution in [0.2, 0.25) is 0 Å². The van der Waals surface area contributed by atoms with Crippen LogP contribution in [0.5, 0.6) is 0 Å². The van der Waals surface area contributed by atoms with Crippen LogP contribution in [0.25, 0.3) is 0 Å². The van der Waals surface area contributed by atoms with E-state index in [0.717, 1.165) is 13.1 Å². The molecule has 0 saturated carbocycles. The Morgan fingerprint density at radius 1 is 1.23 bits per heavy atom. The van der Waals surface area contributed by atoms with Crippen molar-refractivity contribution in [1.82, 2.24) is 15.5 Å². The molecule has 0 spiro atoms. The molecule has 1 aliphatic rings. The molecular formula is C16H25N3O2S. The molecule has 0 bridgehead atoms. The van der Waals surface area contributed by atoms with Gasteiger partial charge in [-0.2, -0.15) is 0 Å². The Labute approximate surface area is 136 Å². The molecule has 0 aromatic carbocycles. The number of thiophene rings is 1. The molecule has 1 aliphatic heterocycles. The Balaban J connectivity index is 1.71. The van der Waals surface area contributed by atoms with Crippen molar-refractivity contribution in [2.24, 2.45) is 0 Å². The summed E-state index contributed by atoms with van der Waals surface area (Å²) in [6.45, 7) is 7.12. The fourth-order valence-corrected chi connectivity index (χ4v) is 3.28. The van der Waals surface area contributed by atoms with Gasteiger partial charge >= 0.3 is 0 Å². The minimum absolute atomic E-state index is 0.0206. The van der Waals surface area contributed by atoms with E-state index in [1.54, 1.807) is 6.07 Å². The summed E-state index contributed by atoms with van der Waals surface area (Å²) in [6, 6.07) is 3.57. The predicted octanol–water partition coefficient (Wildman–Crippen LogP) is 1.86. The number of hydrogen-bond donors (Lipinski definition) is 2. The summed E-state index contributed by atoms with van der Waals surface area (Å²) in [4.78, 5) is 26.7. The molecule has 22 heavy (non-hydrogen) atoms. The maximum atomic E-state index is 11.9. The number of nitrogens with one attached hydrogen (secondary N) is 2. The summed E-state index contributed by atoms with van der Waals surface area (Å²) >= 11 is 1.37. The normalized spacial score (nSPS) is 16.3. The standard InChI is InChI=1S/C16H25N3O2S/c1-16(2,19-8-4-3-5-9-19)12-18-14(20)11-17-15(21)13-7-6-10-22-13/h6-7,10H,3-5,8-9,11-12H2,1-2H3,(H,17,21)(H,18,20). The van der Waals surface area contributed by atoms with Crippen molar-refractivity contribution >= 4 is 23.2 Å². The van der Waals surface area contributed by atoms with Gasteiger partial charge in [-0.25, -0.2) is 0 Å². The average molecular weight is 323 g/mol. The van der Waals surface area contributed by atoms with Gasteiger partial charge in [0.25, 0.3) is 5.91 Å². The van der Waals surface area contributed by atoms with Gasteiger partial charge in [-0.3, -0.25) is 14.5 Å². The third-order valence-corrected chi connectivity index (χ3v) is 4.95. The number of hydrogen-bond acceptors (Lipinski definition) is 4. The van der Waals surface area contributed by atoms with Crippen molar-refractivity contribution in [3.05, 3.63) is 22.4 Å². The van der Waals surface area contributed by atoms with Crippen LogP contribution in [0.3, 0.4) is 0 Å². The van der Waals surface area contributed by atoms with Crippen molar-refractivity contribution in [2.75, 3.05) is 26.2 Å². The van der Waals surface area contributed by atoms with Crippen molar-refractivity contribution < 1.29 is 9.59 Å². The van der Waals surface area contributed by atoms with Gasteiger partial charge in [0.1, 0.15) is 0 Å². The SMILES string of the molecule is CC(C)(CNC(=O)CNC(=O)c1cccs1)N1CCCCC1. The summed E-state index contributed by atoms with van der Waals surface area (Å²) in [6.07, 6.45) is 3.76. The molecule has 122 valence electrons. The molecule has 6 heteroatoms. The largest absolute Gasteiger partial charge is 0.353 e. The van der Waals surface area contributed by atoms with E-state index in [2.05, 4.69) is 29.4 Å². The van der Waals surface area contributed by atoms with Gasteiger partial charge in [0.15, 0.2) is 0 Å². The van der Waals surface area contributed by atoms with E-state index < -0.39 is 0 Å². The molecule has 0 unspecified atom stereocenters. The zero-order chi connectivity index (χ0) is 16.0. The number of rotatable bonds is 6. The average Bonchev–Trinajstić information content (AvgIpc) is 3.06. The van der Waals surface area contributed by atoms with E-state index >= 15 is 0 Å². The van der Waals surface area contributed by atoms with Crippen LogP contribution in [-0.4, -0.2) is 48.4 Å². The first kappa shape index (κ1) is 17.0. The fraction of sp³-hybridized carbons (Fsp3) is 0.625. The summed E-state index contributed by atoms with van der Waals surface area (Å²) < 4.78 is 0.